The van der Waals surface area contributed by atoms with Crippen LogP contribution in [0.3, 0.4) is 0 Å². The van der Waals surface area contributed by atoms with Crippen molar-refractivity contribution < 1.29 is 9.59 Å². The topological polar surface area (TPSA) is 49.4 Å². The predicted octanol–water partition coefficient (Wildman–Crippen LogP) is 5.96. The van der Waals surface area contributed by atoms with Crippen LogP contribution in [0.4, 0.5) is 0 Å². The molecule has 0 aromatic heterocycles. The van der Waals surface area contributed by atoms with Crippen molar-refractivity contribution in [2.75, 3.05) is 0 Å². The Balaban J connectivity index is 1.74. The minimum absolute atomic E-state index is 0.0883. The largest absolute Gasteiger partial charge is 0.352 e. The van der Waals surface area contributed by atoms with Crippen LogP contribution in [0.1, 0.15) is 62.6 Å². The molecule has 3 rings (SSSR count). The summed E-state index contributed by atoms with van der Waals surface area (Å²) in [5, 5.41) is 4.11. The molecule has 4 nitrogen and oxygen atoms in total. The van der Waals surface area contributed by atoms with Crippen molar-refractivity contribution in [2.24, 2.45) is 0 Å². The third-order valence-electron chi connectivity index (χ3n) is 6.32. The molecule has 1 unspecified atom stereocenters. The minimum atomic E-state index is -0.613. The van der Waals surface area contributed by atoms with E-state index in [4.69, 9.17) is 23.2 Å². The highest BCUT2D eigenvalue weighted by atomic mass is 35.5. The lowest BCUT2D eigenvalue weighted by molar-refractivity contribution is -0.140. The second-order valence-corrected chi connectivity index (χ2v) is 9.37. The van der Waals surface area contributed by atoms with Crippen molar-refractivity contribution in [3.8, 4) is 0 Å². The first-order chi connectivity index (χ1) is 15.4. The number of nitrogens with zero attached hydrogens (tertiary/aromatic N) is 1. The highest BCUT2D eigenvalue weighted by Gasteiger charge is 2.29. The highest BCUT2D eigenvalue weighted by molar-refractivity contribution is 6.36. The summed E-state index contributed by atoms with van der Waals surface area (Å²) >= 11 is 12.8. The maximum atomic E-state index is 13.3. The second kappa shape index (κ2) is 11.7. The summed E-state index contributed by atoms with van der Waals surface area (Å²) in [7, 11) is 0. The molecule has 0 aliphatic heterocycles. The number of rotatable bonds is 9. The fraction of sp³-hybridized carbons (Fsp3) is 0.462. The van der Waals surface area contributed by atoms with Crippen LogP contribution in [0.25, 0.3) is 0 Å². The molecule has 0 heterocycles. The van der Waals surface area contributed by atoms with Gasteiger partial charge >= 0.3 is 0 Å². The summed E-state index contributed by atoms with van der Waals surface area (Å²) in [5.74, 6) is -0.213. The number of halogens is 2. The zero-order valence-corrected chi connectivity index (χ0v) is 20.4. The second-order valence-electron chi connectivity index (χ2n) is 8.56. The number of hydrogen-bond acceptors (Lipinski definition) is 2. The van der Waals surface area contributed by atoms with E-state index in [1.165, 1.54) is 5.56 Å². The molecule has 1 fully saturated rings. The lowest BCUT2D eigenvalue weighted by atomic mass is 10.0. The molecule has 0 spiro atoms. The summed E-state index contributed by atoms with van der Waals surface area (Å²) in [6.07, 6.45) is 6.18. The van der Waals surface area contributed by atoms with E-state index in [1.54, 1.807) is 30.0 Å². The van der Waals surface area contributed by atoms with Crippen molar-refractivity contribution in [3.05, 3.63) is 69.2 Å². The van der Waals surface area contributed by atoms with Gasteiger partial charge in [0.05, 0.1) is 0 Å². The molecule has 1 aliphatic rings. The molecular formula is C26H32Cl2N2O2. The van der Waals surface area contributed by atoms with E-state index in [2.05, 4.69) is 36.5 Å². The maximum absolute atomic E-state index is 13.3. The third kappa shape index (κ3) is 6.49. The fourth-order valence-electron chi connectivity index (χ4n) is 4.16. The van der Waals surface area contributed by atoms with Gasteiger partial charge in [0.15, 0.2) is 0 Å². The Labute approximate surface area is 201 Å². The Bertz CT molecular complexity index is 904. The number of amides is 2. The Morgan fingerprint density at radius 3 is 2.22 bits per heavy atom. The van der Waals surface area contributed by atoms with Crippen LogP contribution in [0.5, 0.6) is 0 Å². The lowest BCUT2D eigenvalue weighted by Crippen LogP contribution is -2.49. The standard InChI is InChI=1S/C26H32Cl2N2O2/c1-3-19-11-13-20(14-12-19)15-16-25(31)30(17-22-23(27)9-6-10-24(22)28)18(2)26(32)29-21-7-4-5-8-21/h6,9-14,18,21H,3-5,7-8,15-17H2,1-2H3,(H,29,32). The lowest BCUT2D eigenvalue weighted by Gasteiger charge is -2.30. The molecular weight excluding hydrogens is 443 g/mol. The van der Waals surface area contributed by atoms with Crippen molar-refractivity contribution in [1.29, 1.82) is 0 Å². The van der Waals surface area contributed by atoms with Gasteiger partial charge in [-0.15, -0.1) is 0 Å². The van der Waals surface area contributed by atoms with Gasteiger partial charge in [0.25, 0.3) is 0 Å². The van der Waals surface area contributed by atoms with Crippen molar-refractivity contribution >= 4 is 35.0 Å². The summed E-state index contributed by atoms with van der Waals surface area (Å²) in [6, 6.07) is 13.2. The molecule has 2 aromatic rings. The molecule has 1 saturated carbocycles. The average Bonchev–Trinajstić information content (AvgIpc) is 3.30. The van der Waals surface area contributed by atoms with Crippen LogP contribution in [0, 0.1) is 0 Å². The van der Waals surface area contributed by atoms with Crippen LogP contribution in [0.15, 0.2) is 42.5 Å². The van der Waals surface area contributed by atoms with Crippen LogP contribution in [-0.4, -0.2) is 28.8 Å². The monoisotopic (exact) mass is 474 g/mol. The van der Waals surface area contributed by atoms with Gasteiger partial charge in [-0.3, -0.25) is 9.59 Å². The fourth-order valence-corrected chi connectivity index (χ4v) is 4.68. The number of nitrogens with one attached hydrogen (secondary N) is 1. The quantitative estimate of drug-likeness (QED) is 0.486. The Hall–Kier alpha value is -2.04. The van der Waals surface area contributed by atoms with Crippen LogP contribution in [-0.2, 0) is 29.0 Å². The van der Waals surface area contributed by atoms with Gasteiger partial charge in [0.1, 0.15) is 6.04 Å². The summed E-state index contributed by atoms with van der Waals surface area (Å²) in [5.41, 5.74) is 3.04. The van der Waals surface area contributed by atoms with Gasteiger partial charge in [-0.05, 0) is 55.9 Å². The first kappa shape index (κ1) is 24.6. The van der Waals surface area contributed by atoms with E-state index in [9.17, 15) is 9.59 Å². The normalized spacial score (nSPS) is 14.9. The number of aryl methyl sites for hydroxylation is 2. The van der Waals surface area contributed by atoms with Gasteiger partial charge in [0, 0.05) is 34.6 Å². The van der Waals surface area contributed by atoms with Gasteiger partial charge in [-0.25, -0.2) is 0 Å². The van der Waals surface area contributed by atoms with E-state index in [-0.39, 0.29) is 24.4 Å². The smallest absolute Gasteiger partial charge is 0.242 e. The highest BCUT2D eigenvalue weighted by Crippen LogP contribution is 2.27. The molecule has 0 saturated heterocycles. The van der Waals surface area contributed by atoms with Crippen molar-refractivity contribution in [3.63, 3.8) is 0 Å². The van der Waals surface area contributed by atoms with Crippen LogP contribution < -0.4 is 5.32 Å². The summed E-state index contributed by atoms with van der Waals surface area (Å²) < 4.78 is 0. The molecule has 2 amide bonds. The van der Waals surface area contributed by atoms with E-state index >= 15 is 0 Å². The molecule has 172 valence electrons. The Morgan fingerprint density at radius 2 is 1.62 bits per heavy atom. The van der Waals surface area contributed by atoms with Gasteiger partial charge in [0.2, 0.25) is 11.8 Å². The zero-order chi connectivity index (χ0) is 23.1. The van der Waals surface area contributed by atoms with E-state index in [0.29, 0.717) is 28.5 Å². The molecule has 6 heteroatoms. The average molecular weight is 475 g/mol. The maximum Gasteiger partial charge on any atom is 0.242 e. The molecule has 0 radical (unpaired) electrons. The van der Waals surface area contributed by atoms with Crippen LogP contribution >= 0.6 is 23.2 Å². The Kier molecular flexibility index (Phi) is 9.01. The van der Waals surface area contributed by atoms with E-state index < -0.39 is 6.04 Å². The summed E-state index contributed by atoms with van der Waals surface area (Å²) in [4.78, 5) is 27.9. The van der Waals surface area contributed by atoms with E-state index in [0.717, 1.165) is 37.7 Å². The first-order valence-electron chi connectivity index (χ1n) is 11.5. The third-order valence-corrected chi connectivity index (χ3v) is 7.03. The van der Waals surface area contributed by atoms with Gasteiger partial charge < -0.3 is 10.2 Å². The molecule has 1 atom stereocenters. The number of carbonyl (C=O) groups is 2. The SMILES string of the molecule is CCc1ccc(CCC(=O)N(Cc2c(Cl)cccc2Cl)C(C)C(=O)NC2CCCC2)cc1. The minimum Gasteiger partial charge on any atom is -0.352 e. The van der Waals surface area contributed by atoms with Gasteiger partial charge in [-0.1, -0.05) is 73.3 Å². The number of carbonyl (C=O) groups excluding carboxylic acids is 2. The molecule has 1 aliphatic carbocycles. The molecule has 0 bridgehead atoms. The zero-order valence-electron chi connectivity index (χ0n) is 18.9. The molecule has 2 aromatic carbocycles. The number of hydrogen-bond donors (Lipinski definition) is 1. The first-order valence-corrected chi connectivity index (χ1v) is 12.2. The number of benzene rings is 2. The van der Waals surface area contributed by atoms with Crippen molar-refractivity contribution in [1.82, 2.24) is 10.2 Å². The molecule has 32 heavy (non-hydrogen) atoms. The predicted molar refractivity (Wildman–Crippen MR) is 131 cm³/mol. The van der Waals surface area contributed by atoms with E-state index in [1.807, 2.05) is 0 Å². The van der Waals surface area contributed by atoms with Gasteiger partial charge in [-0.2, -0.15) is 0 Å². The van der Waals surface area contributed by atoms with Crippen molar-refractivity contribution in [2.45, 2.75) is 77.4 Å². The molecule has 1 N–H and O–H groups in total. The summed E-state index contributed by atoms with van der Waals surface area (Å²) in [6.45, 7) is 4.10. The Morgan fingerprint density at radius 1 is 1.03 bits per heavy atom. The van der Waals surface area contributed by atoms with Crippen LogP contribution in [0.2, 0.25) is 10.0 Å².